The summed E-state index contributed by atoms with van der Waals surface area (Å²) in [7, 11) is 0. The van der Waals surface area contributed by atoms with Crippen LogP contribution >= 0.6 is 23.5 Å². The third-order valence-electron chi connectivity index (χ3n) is 10.1. The van der Waals surface area contributed by atoms with E-state index in [1.54, 1.807) is 13.8 Å². The lowest BCUT2D eigenvalue weighted by atomic mass is 9.44. The van der Waals surface area contributed by atoms with E-state index in [2.05, 4.69) is 5.32 Å². The summed E-state index contributed by atoms with van der Waals surface area (Å²) in [5.74, 6) is -3.00. The number of halogens is 2. The molecule has 3 saturated carbocycles. The monoisotopic (exact) mass is 585 g/mol. The van der Waals surface area contributed by atoms with E-state index >= 15 is 8.78 Å². The highest BCUT2D eigenvalue weighted by Crippen LogP contribution is 2.71. The Bertz CT molecular complexity index is 1120. The molecule has 0 aromatic carbocycles. The van der Waals surface area contributed by atoms with Crippen molar-refractivity contribution in [2.45, 2.75) is 76.0 Å². The van der Waals surface area contributed by atoms with Gasteiger partial charge in [0.25, 0.3) is 0 Å². The number of amides is 1. The molecular formula is C28H37F2NO6S2. The van der Waals surface area contributed by atoms with Crippen LogP contribution in [0, 0.1) is 28.6 Å². The standard InChI is InChI=1S/C28H37F2NO6S2/c1-15-9-17-18-11-20(29)19-10-16(33)5-7-25(19,2)27(18,30)22(34)12-26(17,3)28(15,37)23(35)13-39-24(36)21(31-14-32)6-8-38-4/h5,7,10,14-15,17-18,20-22,34,37H,6,8-9,11-13H2,1-4H3,(H,31,32)/t15-,17+,18+,20?,21?,22-,25+,26+,27?,28+/m1/s1. The van der Waals surface area contributed by atoms with Crippen LogP contribution in [-0.4, -0.2) is 80.7 Å². The van der Waals surface area contributed by atoms with Gasteiger partial charge in [0.2, 0.25) is 11.5 Å². The maximum atomic E-state index is 17.3. The second-order valence-corrected chi connectivity index (χ2v) is 13.9. The van der Waals surface area contributed by atoms with E-state index in [1.807, 2.05) is 6.26 Å². The quantitative estimate of drug-likeness (QED) is 0.354. The Balaban J connectivity index is 1.62. The molecule has 0 saturated heterocycles. The molecule has 39 heavy (non-hydrogen) atoms. The SMILES string of the molecule is CSCCC(NC=O)C(=O)SCC(=O)[C@@]1(O)[C@H](C)C[C@H]2[C@@H]3CC(F)C4=CC(=O)C=C[C@]4(C)C3(F)[C@H](O)C[C@@]21C. The predicted octanol–water partition coefficient (Wildman–Crippen LogP) is 2.98. The van der Waals surface area contributed by atoms with E-state index in [0.29, 0.717) is 18.6 Å². The van der Waals surface area contributed by atoms with Gasteiger partial charge in [0.05, 0.1) is 17.9 Å². The topological polar surface area (TPSA) is 121 Å². The lowest BCUT2D eigenvalue weighted by molar-refractivity contribution is -0.222. The molecule has 0 aliphatic heterocycles. The van der Waals surface area contributed by atoms with E-state index in [1.165, 1.54) is 30.8 Å². The number of Topliss-reactive ketones (excluding diaryl/α,β-unsaturated/α-hetero) is 1. The molecular weight excluding hydrogens is 548 g/mol. The van der Waals surface area contributed by atoms with E-state index in [-0.39, 0.29) is 30.6 Å². The van der Waals surface area contributed by atoms with Gasteiger partial charge in [0.15, 0.2) is 17.2 Å². The minimum absolute atomic E-state index is 0.0173. The Morgan fingerprint density at radius 1 is 1.28 bits per heavy atom. The number of aliphatic hydroxyl groups is 2. The van der Waals surface area contributed by atoms with Gasteiger partial charge in [-0.15, -0.1) is 0 Å². The van der Waals surface area contributed by atoms with Crippen molar-refractivity contribution in [3.63, 3.8) is 0 Å². The second kappa shape index (κ2) is 10.7. The van der Waals surface area contributed by atoms with Crippen molar-refractivity contribution < 1.29 is 38.2 Å². The van der Waals surface area contributed by atoms with Gasteiger partial charge in [-0.2, -0.15) is 11.8 Å². The Hall–Kier alpha value is -1.56. The molecule has 1 amide bonds. The first kappa shape index (κ1) is 30.4. The molecule has 3 N–H and O–H groups in total. The molecule has 11 heteroatoms. The molecule has 4 aliphatic rings. The number of aliphatic hydroxyl groups excluding tert-OH is 1. The molecule has 3 unspecified atom stereocenters. The number of allylic oxidation sites excluding steroid dienone is 4. The smallest absolute Gasteiger partial charge is 0.211 e. The third-order valence-corrected chi connectivity index (χ3v) is 11.8. The lowest BCUT2D eigenvalue weighted by Gasteiger charge is -2.63. The molecule has 0 aromatic rings. The fourth-order valence-corrected chi connectivity index (χ4v) is 9.42. The van der Waals surface area contributed by atoms with Gasteiger partial charge in [-0.3, -0.25) is 19.2 Å². The maximum Gasteiger partial charge on any atom is 0.211 e. The summed E-state index contributed by atoms with van der Waals surface area (Å²) in [6, 6.07) is -0.766. The normalized spacial score (nSPS) is 43.5. The molecule has 0 bridgehead atoms. The second-order valence-electron chi connectivity index (χ2n) is 11.9. The van der Waals surface area contributed by atoms with E-state index in [0.717, 1.165) is 17.8 Å². The molecule has 0 spiro atoms. The Labute approximate surface area is 236 Å². The highest BCUT2D eigenvalue weighted by Gasteiger charge is 2.76. The lowest BCUT2D eigenvalue weighted by Crippen LogP contribution is -2.70. The van der Waals surface area contributed by atoms with Crippen LogP contribution in [0.2, 0.25) is 0 Å². The van der Waals surface area contributed by atoms with Crippen LogP contribution in [0.4, 0.5) is 8.78 Å². The van der Waals surface area contributed by atoms with Crippen LogP contribution in [0.25, 0.3) is 0 Å². The summed E-state index contributed by atoms with van der Waals surface area (Å²) in [5, 5.41) is 25.5. The summed E-state index contributed by atoms with van der Waals surface area (Å²) < 4.78 is 32.8. The fraction of sp³-hybridized carbons (Fsp3) is 0.714. The Morgan fingerprint density at radius 3 is 2.62 bits per heavy atom. The number of ketones is 2. The number of rotatable bonds is 9. The molecule has 3 fully saturated rings. The number of alkyl halides is 2. The van der Waals surface area contributed by atoms with Crippen LogP contribution in [0.3, 0.4) is 0 Å². The zero-order valence-electron chi connectivity index (χ0n) is 22.6. The van der Waals surface area contributed by atoms with Crippen LogP contribution in [0.15, 0.2) is 23.8 Å². The van der Waals surface area contributed by atoms with Gasteiger partial charge in [0.1, 0.15) is 11.8 Å². The average molecular weight is 586 g/mol. The van der Waals surface area contributed by atoms with E-state index < -0.39 is 74.9 Å². The number of nitrogens with one attached hydrogen (secondary N) is 1. The summed E-state index contributed by atoms with van der Waals surface area (Å²) >= 11 is 2.24. The third kappa shape index (κ3) is 4.37. The summed E-state index contributed by atoms with van der Waals surface area (Å²) in [6.45, 7) is 4.85. The van der Waals surface area contributed by atoms with Crippen molar-refractivity contribution in [3.05, 3.63) is 23.8 Å². The molecule has 0 aromatic heterocycles. The molecule has 4 aliphatic carbocycles. The van der Waals surface area contributed by atoms with Crippen LogP contribution in [0.1, 0.15) is 46.5 Å². The molecule has 0 heterocycles. The molecule has 0 radical (unpaired) electrons. The zero-order valence-corrected chi connectivity index (χ0v) is 24.2. The number of thioether (sulfide) groups is 2. The number of carbonyl (C=O) groups is 4. The Kier molecular flexibility index (Phi) is 8.33. The molecule has 216 valence electrons. The van der Waals surface area contributed by atoms with E-state index in [9.17, 15) is 29.4 Å². The minimum Gasteiger partial charge on any atom is -0.390 e. The van der Waals surface area contributed by atoms with Crippen LogP contribution in [-0.2, 0) is 19.2 Å². The highest BCUT2D eigenvalue weighted by atomic mass is 32.2. The number of carbonyl (C=O) groups excluding carboxylic acids is 4. The maximum absolute atomic E-state index is 17.3. The van der Waals surface area contributed by atoms with Gasteiger partial charge >= 0.3 is 0 Å². The van der Waals surface area contributed by atoms with Crippen molar-refractivity contribution in [2.75, 3.05) is 17.8 Å². The highest BCUT2D eigenvalue weighted by molar-refractivity contribution is 8.14. The van der Waals surface area contributed by atoms with Gasteiger partial charge in [-0.05, 0) is 74.2 Å². The van der Waals surface area contributed by atoms with Crippen molar-refractivity contribution in [2.24, 2.45) is 28.6 Å². The van der Waals surface area contributed by atoms with Crippen LogP contribution < -0.4 is 5.32 Å². The summed E-state index contributed by atoms with van der Waals surface area (Å²) in [5.41, 5.74) is -7.06. The summed E-state index contributed by atoms with van der Waals surface area (Å²) in [6.07, 6.45) is 2.90. The summed E-state index contributed by atoms with van der Waals surface area (Å²) in [4.78, 5) is 49.3. The van der Waals surface area contributed by atoms with Crippen LogP contribution in [0.5, 0.6) is 0 Å². The van der Waals surface area contributed by atoms with Gasteiger partial charge in [-0.1, -0.05) is 31.7 Å². The van der Waals surface area contributed by atoms with E-state index in [4.69, 9.17) is 0 Å². The van der Waals surface area contributed by atoms with Gasteiger partial charge < -0.3 is 15.5 Å². The number of hydrogen-bond acceptors (Lipinski definition) is 8. The average Bonchev–Trinajstić information content (AvgIpc) is 3.09. The van der Waals surface area contributed by atoms with Crippen molar-refractivity contribution in [3.8, 4) is 0 Å². The first-order valence-electron chi connectivity index (χ1n) is 13.3. The van der Waals surface area contributed by atoms with Crippen molar-refractivity contribution >= 4 is 46.6 Å². The fourth-order valence-electron chi connectivity index (χ4n) is 8.07. The van der Waals surface area contributed by atoms with Gasteiger partial charge in [0, 0.05) is 16.7 Å². The predicted molar refractivity (Wildman–Crippen MR) is 147 cm³/mol. The largest absolute Gasteiger partial charge is 0.390 e. The number of fused-ring (bicyclic) bond motifs is 5. The molecule has 4 rings (SSSR count). The minimum atomic E-state index is -2.30. The first-order chi connectivity index (χ1) is 18.2. The van der Waals surface area contributed by atoms with Crippen molar-refractivity contribution in [1.29, 1.82) is 0 Å². The zero-order chi connectivity index (χ0) is 29.0. The van der Waals surface area contributed by atoms with Gasteiger partial charge in [-0.25, -0.2) is 8.78 Å². The molecule has 7 nitrogen and oxygen atoms in total. The Morgan fingerprint density at radius 2 is 1.97 bits per heavy atom. The molecule has 10 atom stereocenters. The number of hydrogen-bond donors (Lipinski definition) is 3. The first-order valence-corrected chi connectivity index (χ1v) is 15.7. The van der Waals surface area contributed by atoms with Crippen molar-refractivity contribution in [1.82, 2.24) is 5.32 Å².